The van der Waals surface area contributed by atoms with Gasteiger partial charge in [0.2, 0.25) is 0 Å². The number of rotatable bonds is 5. The Morgan fingerprint density at radius 2 is 1.64 bits per heavy atom. The molecular formula is C15H16N2O4S. The maximum Gasteiger partial charge on any atom is 0.289 e. The summed E-state index contributed by atoms with van der Waals surface area (Å²) in [6.45, 7) is 4.07. The predicted octanol–water partition coefficient (Wildman–Crippen LogP) is 3.52. The number of hydrogen-bond donors (Lipinski definition) is 1. The van der Waals surface area contributed by atoms with Crippen LogP contribution in [0.25, 0.3) is 0 Å². The lowest BCUT2D eigenvalue weighted by atomic mass is 10.0. The first-order valence-corrected chi connectivity index (χ1v) is 8.16. The molecule has 0 aliphatic carbocycles. The van der Waals surface area contributed by atoms with Crippen molar-refractivity contribution < 1.29 is 13.3 Å². The van der Waals surface area contributed by atoms with E-state index in [0.717, 1.165) is 11.6 Å². The van der Waals surface area contributed by atoms with Gasteiger partial charge in [-0.1, -0.05) is 38.1 Å². The van der Waals surface area contributed by atoms with Crippen LogP contribution in [0.15, 0.2) is 53.4 Å². The molecule has 0 spiro atoms. The fraction of sp³-hybridized carbons (Fsp3) is 0.200. The Labute approximate surface area is 129 Å². The van der Waals surface area contributed by atoms with Gasteiger partial charge in [-0.3, -0.25) is 14.8 Å². The minimum atomic E-state index is -4.01. The fourth-order valence-electron chi connectivity index (χ4n) is 1.98. The van der Waals surface area contributed by atoms with Crippen molar-refractivity contribution in [2.24, 2.45) is 0 Å². The smallest absolute Gasteiger partial charge is 0.279 e. The van der Waals surface area contributed by atoms with Gasteiger partial charge in [0, 0.05) is 11.8 Å². The largest absolute Gasteiger partial charge is 0.289 e. The van der Waals surface area contributed by atoms with Gasteiger partial charge in [-0.25, -0.2) is 8.42 Å². The van der Waals surface area contributed by atoms with E-state index in [0.29, 0.717) is 11.6 Å². The fourth-order valence-corrected chi connectivity index (χ4v) is 3.21. The molecule has 0 fully saturated rings. The Balaban J connectivity index is 2.34. The van der Waals surface area contributed by atoms with Crippen LogP contribution < -0.4 is 4.72 Å². The molecule has 0 saturated heterocycles. The highest BCUT2D eigenvalue weighted by Crippen LogP contribution is 2.26. The molecule has 0 bridgehead atoms. The summed E-state index contributed by atoms with van der Waals surface area (Å²) >= 11 is 0. The number of anilines is 1. The van der Waals surface area contributed by atoms with Gasteiger partial charge in [0.25, 0.3) is 15.7 Å². The van der Waals surface area contributed by atoms with Crippen LogP contribution in [-0.2, 0) is 10.0 Å². The van der Waals surface area contributed by atoms with Crippen LogP contribution in [0.2, 0.25) is 0 Å². The average molecular weight is 320 g/mol. The van der Waals surface area contributed by atoms with Crippen LogP contribution >= 0.6 is 0 Å². The van der Waals surface area contributed by atoms with Crippen LogP contribution in [0, 0.1) is 10.1 Å². The van der Waals surface area contributed by atoms with Crippen molar-refractivity contribution >= 4 is 21.4 Å². The molecule has 0 heterocycles. The first-order valence-electron chi connectivity index (χ1n) is 6.67. The Kier molecular flexibility index (Phi) is 4.46. The average Bonchev–Trinajstić information content (AvgIpc) is 2.47. The molecule has 1 N–H and O–H groups in total. The molecule has 6 nitrogen and oxygen atoms in total. The molecule has 116 valence electrons. The SMILES string of the molecule is CC(C)c1ccc(NS(=O)(=O)c2ccccc2[N+](=O)[O-])cc1. The number of sulfonamides is 1. The third-order valence-electron chi connectivity index (χ3n) is 3.18. The summed E-state index contributed by atoms with van der Waals surface area (Å²) in [4.78, 5) is 9.89. The Hall–Kier alpha value is -2.41. The summed E-state index contributed by atoms with van der Waals surface area (Å²) in [5.41, 5.74) is 0.991. The zero-order valence-corrected chi connectivity index (χ0v) is 13.0. The first-order chi connectivity index (χ1) is 10.3. The lowest BCUT2D eigenvalue weighted by Crippen LogP contribution is -2.14. The second-order valence-electron chi connectivity index (χ2n) is 5.11. The molecule has 0 aromatic heterocycles. The number of para-hydroxylation sites is 1. The molecule has 2 aromatic carbocycles. The van der Waals surface area contributed by atoms with E-state index in [4.69, 9.17) is 0 Å². The molecule has 2 rings (SSSR count). The van der Waals surface area contributed by atoms with Crippen molar-refractivity contribution in [3.63, 3.8) is 0 Å². The molecule has 0 atom stereocenters. The molecule has 2 aromatic rings. The minimum Gasteiger partial charge on any atom is -0.279 e. The van der Waals surface area contributed by atoms with E-state index in [9.17, 15) is 18.5 Å². The minimum absolute atomic E-state index is 0.334. The van der Waals surface area contributed by atoms with Gasteiger partial charge < -0.3 is 0 Å². The standard InChI is InChI=1S/C15H16N2O4S/c1-11(2)12-7-9-13(10-8-12)16-22(20,21)15-6-4-3-5-14(15)17(18)19/h3-11,16H,1-2H3. The van der Waals surface area contributed by atoms with Gasteiger partial charge in [-0.15, -0.1) is 0 Å². The first kappa shape index (κ1) is 16.0. The summed E-state index contributed by atoms with van der Waals surface area (Å²) in [5, 5.41) is 11.0. The summed E-state index contributed by atoms with van der Waals surface area (Å²) in [5.74, 6) is 0.334. The van der Waals surface area contributed by atoms with Gasteiger partial charge in [-0.2, -0.15) is 0 Å². The zero-order valence-electron chi connectivity index (χ0n) is 12.2. The molecular weight excluding hydrogens is 304 g/mol. The van der Waals surface area contributed by atoms with Crippen molar-refractivity contribution in [3.8, 4) is 0 Å². The Morgan fingerprint density at radius 3 is 2.18 bits per heavy atom. The maximum absolute atomic E-state index is 12.3. The van der Waals surface area contributed by atoms with Crippen molar-refractivity contribution in [2.75, 3.05) is 4.72 Å². The summed E-state index contributed by atoms with van der Waals surface area (Å²) < 4.78 is 27.0. The normalized spacial score (nSPS) is 11.4. The highest BCUT2D eigenvalue weighted by molar-refractivity contribution is 7.92. The second kappa shape index (κ2) is 6.15. The van der Waals surface area contributed by atoms with Crippen LogP contribution in [0.5, 0.6) is 0 Å². The molecule has 0 amide bonds. The third-order valence-corrected chi connectivity index (χ3v) is 4.61. The molecule has 0 unspecified atom stereocenters. The van der Waals surface area contributed by atoms with Crippen LogP contribution in [-0.4, -0.2) is 13.3 Å². The predicted molar refractivity (Wildman–Crippen MR) is 84.4 cm³/mol. The van der Waals surface area contributed by atoms with E-state index in [2.05, 4.69) is 4.72 Å². The van der Waals surface area contributed by atoms with Crippen LogP contribution in [0.3, 0.4) is 0 Å². The second-order valence-corrected chi connectivity index (χ2v) is 6.76. The summed E-state index contributed by atoms with van der Waals surface area (Å²) in [7, 11) is -4.01. The van der Waals surface area contributed by atoms with Crippen molar-refractivity contribution in [3.05, 3.63) is 64.2 Å². The maximum atomic E-state index is 12.3. The van der Waals surface area contributed by atoms with Crippen molar-refractivity contribution in [2.45, 2.75) is 24.7 Å². The van der Waals surface area contributed by atoms with Gasteiger partial charge in [0.15, 0.2) is 4.90 Å². The number of nitrogens with one attached hydrogen (secondary N) is 1. The van der Waals surface area contributed by atoms with Crippen LogP contribution in [0.4, 0.5) is 11.4 Å². The number of nitro benzene ring substituents is 1. The highest BCUT2D eigenvalue weighted by Gasteiger charge is 2.25. The van der Waals surface area contributed by atoms with E-state index in [-0.39, 0.29) is 4.90 Å². The highest BCUT2D eigenvalue weighted by atomic mass is 32.2. The summed E-state index contributed by atoms with van der Waals surface area (Å²) in [6, 6.07) is 12.2. The van der Waals surface area contributed by atoms with E-state index in [1.807, 2.05) is 26.0 Å². The van der Waals surface area contributed by atoms with E-state index >= 15 is 0 Å². The lowest BCUT2D eigenvalue weighted by molar-refractivity contribution is -0.387. The van der Waals surface area contributed by atoms with E-state index < -0.39 is 20.6 Å². The number of hydrogen-bond acceptors (Lipinski definition) is 4. The molecule has 22 heavy (non-hydrogen) atoms. The Bertz CT molecular complexity index is 783. The van der Waals surface area contributed by atoms with Gasteiger partial charge in [-0.05, 0) is 29.7 Å². The van der Waals surface area contributed by atoms with Crippen molar-refractivity contribution in [1.82, 2.24) is 0 Å². The van der Waals surface area contributed by atoms with E-state index in [1.54, 1.807) is 12.1 Å². The lowest BCUT2D eigenvalue weighted by Gasteiger charge is -2.10. The zero-order chi connectivity index (χ0) is 16.3. The van der Waals surface area contributed by atoms with E-state index in [1.165, 1.54) is 18.2 Å². The van der Waals surface area contributed by atoms with Crippen molar-refractivity contribution in [1.29, 1.82) is 0 Å². The molecule has 7 heteroatoms. The number of nitro groups is 1. The van der Waals surface area contributed by atoms with Gasteiger partial charge in [0.1, 0.15) is 0 Å². The Morgan fingerprint density at radius 1 is 1.05 bits per heavy atom. The topological polar surface area (TPSA) is 89.3 Å². The summed E-state index contributed by atoms with van der Waals surface area (Å²) in [6.07, 6.45) is 0. The number of nitrogens with zero attached hydrogens (tertiary/aromatic N) is 1. The van der Waals surface area contributed by atoms with Gasteiger partial charge in [0.05, 0.1) is 4.92 Å². The monoisotopic (exact) mass is 320 g/mol. The quantitative estimate of drug-likeness (QED) is 0.674. The molecule has 0 radical (unpaired) electrons. The number of benzene rings is 2. The van der Waals surface area contributed by atoms with Crippen LogP contribution in [0.1, 0.15) is 25.3 Å². The molecule has 0 saturated carbocycles. The molecule has 0 aliphatic rings. The third kappa shape index (κ3) is 3.43. The molecule has 0 aliphatic heterocycles. The van der Waals surface area contributed by atoms with Gasteiger partial charge >= 0.3 is 0 Å².